The summed E-state index contributed by atoms with van der Waals surface area (Å²) in [6.45, 7) is 11.0. The second-order valence-electron chi connectivity index (χ2n) is 6.04. The predicted octanol–water partition coefficient (Wildman–Crippen LogP) is 2.04. The third kappa shape index (κ3) is 5.72. The van der Waals surface area contributed by atoms with E-state index < -0.39 is 0 Å². The Balaban J connectivity index is 2.53. The molecule has 0 spiro atoms. The zero-order valence-corrected chi connectivity index (χ0v) is 12.8. The Labute approximate surface area is 116 Å². The minimum Gasteiger partial charge on any atom is -0.374 e. The molecular formula is C14H28N4O. The molecule has 2 unspecified atom stereocenters. The third-order valence-electron chi connectivity index (χ3n) is 3.11. The normalized spacial score (nSPS) is 15.5. The van der Waals surface area contributed by atoms with Crippen LogP contribution in [0.15, 0.2) is 12.3 Å². The quantitative estimate of drug-likeness (QED) is 0.587. The molecule has 1 heterocycles. The molecule has 5 nitrogen and oxygen atoms in total. The molecule has 0 radical (unpaired) electrons. The number of nitrogens with one attached hydrogen (secondary N) is 1. The Morgan fingerprint density at radius 1 is 1.47 bits per heavy atom. The van der Waals surface area contributed by atoms with Crippen LogP contribution in [0.3, 0.4) is 0 Å². The van der Waals surface area contributed by atoms with E-state index in [2.05, 4.69) is 24.4 Å². The molecule has 0 fully saturated rings. The summed E-state index contributed by atoms with van der Waals surface area (Å²) in [4.78, 5) is 0. The molecule has 110 valence electrons. The van der Waals surface area contributed by atoms with E-state index >= 15 is 0 Å². The van der Waals surface area contributed by atoms with Crippen molar-refractivity contribution in [2.24, 2.45) is 5.84 Å². The van der Waals surface area contributed by atoms with Gasteiger partial charge in [-0.3, -0.25) is 16.0 Å². The summed E-state index contributed by atoms with van der Waals surface area (Å²) in [5.74, 6) is 5.58. The SMILES string of the molecule is CCC(C)n1ccc(CC(COC(C)(C)C)NN)n1. The monoisotopic (exact) mass is 268 g/mol. The average molecular weight is 268 g/mol. The van der Waals surface area contributed by atoms with Crippen LogP contribution in [0.25, 0.3) is 0 Å². The molecule has 3 N–H and O–H groups in total. The molecule has 1 aromatic heterocycles. The van der Waals surface area contributed by atoms with Gasteiger partial charge in [-0.2, -0.15) is 5.10 Å². The van der Waals surface area contributed by atoms with E-state index in [0.717, 1.165) is 18.5 Å². The van der Waals surface area contributed by atoms with Gasteiger partial charge in [0.25, 0.3) is 0 Å². The minimum absolute atomic E-state index is 0.0829. The van der Waals surface area contributed by atoms with Gasteiger partial charge in [-0.05, 0) is 40.2 Å². The lowest BCUT2D eigenvalue weighted by Crippen LogP contribution is -2.42. The number of hydrazine groups is 1. The van der Waals surface area contributed by atoms with Crippen molar-refractivity contribution in [2.45, 2.75) is 65.1 Å². The van der Waals surface area contributed by atoms with Crippen molar-refractivity contribution < 1.29 is 4.74 Å². The Bertz CT molecular complexity index is 370. The van der Waals surface area contributed by atoms with Gasteiger partial charge in [0, 0.05) is 18.7 Å². The fourth-order valence-electron chi connectivity index (χ4n) is 1.69. The fourth-order valence-corrected chi connectivity index (χ4v) is 1.69. The fraction of sp³-hybridized carbons (Fsp3) is 0.786. The van der Waals surface area contributed by atoms with Gasteiger partial charge in [-0.15, -0.1) is 0 Å². The molecule has 0 bridgehead atoms. The molecule has 0 saturated carbocycles. The number of aromatic nitrogens is 2. The van der Waals surface area contributed by atoms with Crippen LogP contribution in [0.5, 0.6) is 0 Å². The molecule has 0 amide bonds. The van der Waals surface area contributed by atoms with E-state index in [1.165, 1.54) is 0 Å². The Morgan fingerprint density at radius 3 is 2.68 bits per heavy atom. The van der Waals surface area contributed by atoms with E-state index in [0.29, 0.717) is 12.6 Å². The molecule has 0 aliphatic heterocycles. The Hall–Kier alpha value is -0.910. The van der Waals surface area contributed by atoms with Crippen molar-refractivity contribution in [2.75, 3.05) is 6.61 Å². The largest absolute Gasteiger partial charge is 0.374 e. The van der Waals surface area contributed by atoms with Crippen LogP contribution in [0, 0.1) is 0 Å². The first-order valence-corrected chi connectivity index (χ1v) is 6.99. The van der Waals surface area contributed by atoms with Crippen LogP contribution >= 0.6 is 0 Å². The highest BCUT2D eigenvalue weighted by molar-refractivity contribution is 5.02. The first-order chi connectivity index (χ1) is 8.85. The predicted molar refractivity (Wildman–Crippen MR) is 77.7 cm³/mol. The molecule has 1 rings (SSSR count). The molecule has 19 heavy (non-hydrogen) atoms. The highest BCUT2D eigenvalue weighted by Gasteiger charge is 2.16. The molecule has 0 aliphatic carbocycles. The van der Waals surface area contributed by atoms with Gasteiger partial charge in [0.15, 0.2) is 0 Å². The van der Waals surface area contributed by atoms with Crippen molar-refractivity contribution in [1.29, 1.82) is 0 Å². The zero-order valence-electron chi connectivity index (χ0n) is 12.8. The lowest BCUT2D eigenvalue weighted by molar-refractivity contribution is -0.0144. The average Bonchev–Trinajstić information content (AvgIpc) is 2.80. The minimum atomic E-state index is -0.148. The summed E-state index contributed by atoms with van der Waals surface area (Å²) in [5.41, 5.74) is 3.70. The maximum absolute atomic E-state index is 5.75. The van der Waals surface area contributed by atoms with Crippen LogP contribution < -0.4 is 11.3 Å². The second-order valence-corrected chi connectivity index (χ2v) is 6.04. The summed E-state index contributed by atoms with van der Waals surface area (Å²) in [7, 11) is 0. The lowest BCUT2D eigenvalue weighted by atomic mass is 10.1. The van der Waals surface area contributed by atoms with Gasteiger partial charge < -0.3 is 4.74 Å². The van der Waals surface area contributed by atoms with Crippen molar-refractivity contribution in [1.82, 2.24) is 15.2 Å². The summed E-state index contributed by atoms with van der Waals surface area (Å²) in [6.07, 6.45) is 3.88. The maximum atomic E-state index is 5.75. The number of nitrogens with two attached hydrogens (primary N) is 1. The third-order valence-corrected chi connectivity index (χ3v) is 3.11. The van der Waals surface area contributed by atoms with E-state index in [-0.39, 0.29) is 11.6 Å². The van der Waals surface area contributed by atoms with E-state index in [1.54, 1.807) is 0 Å². The highest BCUT2D eigenvalue weighted by atomic mass is 16.5. The first kappa shape index (κ1) is 16.1. The Morgan fingerprint density at radius 2 is 2.16 bits per heavy atom. The van der Waals surface area contributed by atoms with Gasteiger partial charge in [0.1, 0.15) is 0 Å². The van der Waals surface area contributed by atoms with Gasteiger partial charge >= 0.3 is 0 Å². The number of hydrogen-bond donors (Lipinski definition) is 2. The van der Waals surface area contributed by atoms with Crippen LogP contribution in [-0.2, 0) is 11.2 Å². The van der Waals surface area contributed by atoms with E-state index in [9.17, 15) is 0 Å². The maximum Gasteiger partial charge on any atom is 0.0644 e. The highest BCUT2D eigenvalue weighted by Crippen LogP contribution is 2.12. The van der Waals surface area contributed by atoms with Crippen molar-refractivity contribution in [3.8, 4) is 0 Å². The number of rotatable bonds is 7. The second kappa shape index (κ2) is 7.03. The molecule has 0 aliphatic rings. The molecular weight excluding hydrogens is 240 g/mol. The number of nitrogens with zero attached hydrogens (tertiary/aromatic N) is 2. The van der Waals surface area contributed by atoms with Gasteiger partial charge in [0.05, 0.1) is 23.9 Å². The summed E-state index contributed by atoms with van der Waals surface area (Å²) >= 11 is 0. The smallest absolute Gasteiger partial charge is 0.0644 e. The lowest BCUT2D eigenvalue weighted by Gasteiger charge is -2.23. The van der Waals surface area contributed by atoms with E-state index in [4.69, 9.17) is 10.6 Å². The molecule has 0 aromatic carbocycles. The standard InChI is InChI=1S/C14H28N4O/c1-6-11(2)18-8-7-12(17-18)9-13(16-15)10-19-14(3,4)5/h7-8,11,13,16H,6,9-10,15H2,1-5H3. The molecule has 1 aromatic rings. The van der Waals surface area contributed by atoms with Gasteiger partial charge in [-0.25, -0.2) is 0 Å². The van der Waals surface area contributed by atoms with Gasteiger partial charge in [-0.1, -0.05) is 6.92 Å². The summed E-state index contributed by atoms with van der Waals surface area (Å²) < 4.78 is 7.76. The van der Waals surface area contributed by atoms with Crippen molar-refractivity contribution in [3.63, 3.8) is 0 Å². The van der Waals surface area contributed by atoms with Gasteiger partial charge in [0.2, 0.25) is 0 Å². The topological polar surface area (TPSA) is 65.1 Å². The molecule has 0 saturated heterocycles. The summed E-state index contributed by atoms with van der Waals surface area (Å²) in [6, 6.07) is 2.57. The molecule has 2 atom stereocenters. The Kier molecular flexibility index (Phi) is 5.97. The summed E-state index contributed by atoms with van der Waals surface area (Å²) in [5, 5.41) is 4.58. The first-order valence-electron chi connectivity index (χ1n) is 6.99. The zero-order chi connectivity index (χ0) is 14.5. The number of ether oxygens (including phenoxy) is 1. The van der Waals surface area contributed by atoms with E-state index in [1.807, 2.05) is 37.7 Å². The van der Waals surface area contributed by atoms with Crippen LogP contribution in [-0.4, -0.2) is 28.0 Å². The van der Waals surface area contributed by atoms with Crippen LogP contribution in [0.1, 0.15) is 52.8 Å². The number of hydrogen-bond acceptors (Lipinski definition) is 4. The molecule has 5 heteroatoms. The van der Waals surface area contributed by atoms with Crippen LogP contribution in [0.4, 0.5) is 0 Å². The van der Waals surface area contributed by atoms with Crippen molar-refractivity contribution in [3.05, 3.63) is 18.0 Å². The van der Waals surface area contributed by atoms with Crippen molar-refractivity contribution >= 4 is 0 Å². The van der Waals surface area contributed by atoms with Crippen LogP contribution in [0.2, 0.25) is 0 Å².